The number of nitriles is 1. The fraction of sp³-hybridized carbons (Fsp3) is 0.0690. The molecule has 0 saturated heterocycles. The monoisotopic (exact) mass is 483 g/mol. The van der Waals surface area contributed by atoms with Crippen LogP contribution in [0, 0.1) is 11.3 Å². The van der Waals surface area contributed by atoms with E-state index in [0.717, 1.165) is 27.1 Å². The predicted molar refractivity (Wildman–Crippen MR) is 142 cm³/mol. The van der Waals surface area contributed by atoms with Gasteiger partial charge >= 0.3 is 204 Å². The second kappa shape index (κ2) is 8.65. The fourth-order valence-corrected chi connectivity index (χ4v) is 10.6. The predicted octanol–water partition coefficient (Wildman–Crippen LogP) is 6.50. The van der Waals surface area contributed by atoms with Crippen LogP contribution in [0.5, 0.6) is 5.75 Å². The molecule has 0 unspecified atom stereocenters. The van der Waals surface area contributed by atoms with E-state index < -0.39 is 5.96 Å². The Morgan fingerprint density at radius 2 is 1.29 bits per heavy atom. The van der Waals surface area contributed by atoms with Crippen molar-refractivity contribution in [3.05, 3.63) is 121 Å². The van der Waals surface area contributed by atoms with E-state index in [0.29, 0.717) is 23.1 Å². The Morgan fingerprint density at radius 3 is 1.74 bits per heavy atom. The van der Waals surface area contributed by atoms with Crippen LogP contribution in [0.3, 0.4) is 0 Å². The van der Waals surface area contributed by atoms with Crippen molar-refractivity contribution in [3.63, 3.8) is 0 Å². The molecule has 0 amide bonds. The summed E-state index contributed by atoms with van der Waals surface area (Å²) in [5.74, 6) is -2.25. The van der Waals surface area contributed by atoms with Gasteiger partial charge in [0.15, 0.2) is 0 Å². The van der Waals surface area contributed by atoms with Gasteiger partial charge < -0.3 is 0 Å². The van der Waals surface area contributed by atoms with Gasteiger partial charge in [-0.2, -0.15) is 0 Å². The van der Waals surface area contributed by atoms with Crippen molar-refractivity contribution >= 4 is 44.1 Å². The van der Waals surface area contributed by atoms with Crippen LogP contribution in [-0.2, 0) is 6.16 Å². The van der Waals surface area contributed by atoms with Gasteiger partial charge in [0.1, 0.15) is 0 Å². The summed E-state index contributed by atoms with van der Waals surface area (Å²) >= 11 is 8.16. The van der Waals surface area contributed by atoms with Crippen LogP contribution in [0.4, 0.5) is 0 Å². The molecule has 0 fully saturated rings. The van der Waals surface area contributed by atoms with Crippen molar-refractivity contribution in [2.45, 2.75) is 6.16 Å². The van der Waals surface area contributed by atoms with E-state index in [2.05, 4.69) is 42.5 Å². The van der Waals surface area contributed by atoms with Crippen LogP contribution in [0.1, 0.15) is 11.3 Å². The molecule has 0 aliphatic carbocycles. The number of fused-ring (bicyclic) bond motifs is 1. The van der Waals surface area contributed by atoms with Crippen molar-refractivity contribution in [1.82, 2.24) is 0 Å². The Labute approximate surface area is 203 Å². The molecular formula is C29H23ClNO2P. The summed E-state index contributed by atoms with van der Waals surface area (Å²) in [5.41, 5.74) is 1.14. The van der Waals surface area contributed by atoms with Crippen LogP contribution < -0.4 is 20.7 Å². The van der Waals surface area contributed by atoms with E-state index in [1.807, 2.05) is 66.7 Å². The molecule has 4 aromatic carbocycles. The Kier molecular flexibility index (Phi) is 5.66. The van der Waals surface area contributed by atoms with Gasteiger partial charge in [0.05, 0.1) is 0 Å². The molecular weight excluding hydrogens is 461 g/mol. The van der Waals surface area contributed by atoms with Crippen molar-refractivity contribution in [3.8, 4) is 11.8 Å². The summed E-state index contributed by atoms with van der Waals surface area (Å²) in [6.45, 7) is 0. The number of ether oxygens (including phenoxy) is 1. The van der Waals surface area contributed by atoms with Crippen molar-refractivity contribution < 1.29 is 9.15 Å². The van der Waals surface area contributed by atoms with Crippen LogP contribution in [0.15, 0.2) is 114 Å². The molecule has 0 radical (unpaired) electrons. The molecule has 0 atom stereocenters. The average molecular weight is 484 g/mol. The third kappa shape index (κ3) is 3.48. The number of hydrogen-bond donors (Lipinski definition) is 0. The average Bonchev–Trinajstić information content (AvgIpc) is 3.31. The summed E-state index contributed by atoms with van der Waals surface area (Å²) < 4.78 is 11.9. The zero-order valence-corrected chi connectivity index (χ0v) is 20.3. The second-order valence-corrected chi connectivity index (χ2v) is 14.7. The zero-order valence-electron chi connectivity index (χ0n) is 18.7. The first-order valence-electron chi connectivity index (χ1n) is 11.0. The second-order valence-electron chi connectivity index (χ2n) is 8.27. The number of hydrogen-bond acceptors (Lipinski definition) is 3. The van der Waals surface area contributed by atoms with Gasteiger partial charge in [-0.25, -0.2) is 0 Å². The molecule has 1 heterocycles. The first-order chi connectivity index (χ1) is 16.6. The summed E-state index contributed by atoms with van der Waals surface area (Å²) in [6.07, 6.45) is 0.477. The molecule has 0 bridgehead atoms. The molecule has 0 aliphatic heterocycles. The van der Waals surface area contributed by atoms with Crippen LogP contribution in [0.2, 0.25) is 0 Å². The summed E-state index contributed by atoms with van der Waals surface area (Å²) in [6, 6.07) is 38.6. The van der Waals surface area contributed by atoms with Gasteiger partial charge in [0.2, 0.25) is 0 Å². The normalized spacial score (nSPS) is 12.6. The van der Waals surface area contributed by atoms with E-state index in [4.69, 9.17) is 20.4 Å². The number of rotatable bonds is 6. The minimum atomic E-state index is -3.53. The van der Waals surface area contributed by atoms with Gasteiger partial charge in [0, 0.05) is 0 Å². The van der Waals surface area contributed by atoms with E-state index in [1.165, 1.54) is 0 Å². The number of methoxy groups -OCH3 is 1. The van der Waals surface area contributed by atoms with Gasteiger partial charge in [0.25, 0.3) is 0 Å². The summed E-state index contributed by atoms with van der Waals surface area (Å²) in [5, 5.41) is 13.5. The standard InChI is InChI=1S/C29H23ClNO2P/c1-32-28-18-22(20-31)17-23-19-24(33-29(23)28)21-34(30,25-11-5-2-6-12-25,26-13-7-3-8-14-26)27-15-9-4-10-16-27/h2-19H,21H2,1H3. The SMILES string of the molecule is COc1cc(C#N)cc2cc(CP(Cl)(c3ccccc3)(c3ccccc3)c3ccccc3)oc12. The molecule has 0 saturated carbocycles. The number of benzene rings is 4. The summed E-state index contributed by atoms with van der Waals surface area (Å²) in [4.78, 5) is 0. The molecule has 5 rings (SSSR count). The van der Waals surface area contributed by atoms with Crippen molar-refractivity contribution in [1.29, 1.82) is 5.26 Å². The third-order valence-corrected chi connectivity index (χ3v) is 13.5. The van der Waals surface area contributed by atoms with Gasteiger partial charge in [-0.3, -0.25) is 0 Å². The van der Waals surface area contributed by atoms with Gasteiger partial charge in [-0.1, -0.05) is 0 Å². The van der Waals surface area contributed by atoms with E-state index in [1.54, 1.807) is 13.2 Å². The zero-order chi connectivity index (χ0) is 23.6. The van der Waals surface area contributed by atoms with E-state index in [-0.39, 0.29) is 0 Å². The number of halogens is 1. The van der Waals surface area contributed by atoms with Crippen molar-refractivity contribution in [2.24, 2.45) is 0 Å². The van der Waals surface area contributed by atoms with Gasteiger partial charge in [-0.15, -0.1) is 0 Å². The van der Waals surface area contributed by atoms with Crippen molar-refractivity contribution in [2.75, 3.05) is 7.11 Å². The van der Waals surface area contributed by atoms with Gasteiger partial charge in [-0.05, 0) is 0 Å². The van der Waals surface area contributed by atoms with Crippen LogP contribution in [-0.4, -0.2) is 7.11 Å². The molecule has 5 aromatic rings. The molecule has 0 N–H and O–H groups in total. The Balaban J connectivity index is 1.82. The maximum atomic E-state index is 9.45. The van der Waals surface area contributed by atoms with E-state index >= 15 is 0 Å². The quantitative estimate of drug-likeness (QED) is 0.259. The molecule has 3 nitrogen and oxygen atoms in total. The third-order valence-electron chi connectivity index (χ3n) is 6.32. The number of nitrogens with zero attached hydrogens (tertiary/aromatic N) is 1. The fourth-order valence-electron chi connectivity index (χ4n) is 4.70. The summed E-state index contributed by atoms with van der Waals surface area (Å²) in [7, 11) is 1.58. The minimum absolute atomic E-state index is 0.477. The molecule has 168 valence electrons. The molecule has 0 aliphatic rings. The first-order valence-corrected chi connectivity index (χ1v) is 14.3. The molecule has 1 aromatic heterocycles. The molecule has 0 spiro atoms. The van der Waals surface area contributed by atoms with E-state index in [9.17, 15) is 5.26 Å². The molecule has 34 heavy (non-hydrogen) atoms. The Bertz CT molecular complexity index is 1390. The van der Waals surface area contributed by atoms with Crippen LogP contribution in [0.25, 0.3) is 11.0 Å². The van der Waals surface area contributed by atoms with Crippen LogP contribution >= 0.6 is 17.2 Å². The topological polar surface area (TPSA) is 46.2 Å². The number of furan rings is 1. The Hall–Kier alpha value is -3.57. The first kappa shape index (κ1) is 22.2. The maximum absolute atomic E-state index is 9.45. The Morgan fingerprint density at radius 1 is 0.794 bits per heavy atom. The molecule has 5 heteroatoms.